The van der Waals surface area contributed by atoms with Crippen LogP contribution in [0.3, 0.4) is 0 Å². The molecule has 0 spiro atoms. The summed E-state index contributed by atoms with van der Waals surface area (Å²) < 4.78 is 4.65. The Balaban J connectivity index is 0.00000324. The van der Waals surface area contributed by atoms with E-state index in [1.165, 1.54) is 7.11 Å². The Morgan fingerprint density at radius 1 is 1.37 bits per heavy atom. The van der Waals surface area contributed by atoms with E-state index < -0.39 is 11.9 Å². The smallest absolute Gasteiger partial charge is 0.337 e. The summed E-state index contributed by atoms with van der Waals surface area (Å²) in [7, 11) is 1.33. The largest absolute Gasteiger partial charge is 0.465 e. The van der Waals surface area contributed by atoms with Crippen molar-refractivity contribution in [3.05, 3.63) is 35.4 Å². The van der Waals surface area contributed by atoms with Crippen molar-refractivity contribution in [3.63, 3.8) is 0 Å². The number of ether oxygens (including phenoxy) is 1. The molecular weight excluding hydrogens is 268 g/mol. The molecule has 0 heterocycles. The zero-order valence-corrected chi connectivity index (χ0v) is 11.8. The predicted molar refractivity (Wildman–Crippen MR) is 75.2 cm³/mol. The Morgan fingerprint density at radius 3 is 2.53 bits per heavy atom. The molecule has 1 amide bonds. The van der Waals surface area contributed by atoms with Crippen molar-refractivity contribution in [1.82, 2.24) is 0 Å². The zero-order chi connectivity index (χ0) is 13.7. The van der Waals surface area contributed by atoms with Crippen LogP contribution in [-0.2, 0) is 9.53 Å². The van der Waals surface area contributed by atoms with Gasteiger partial charge in [0.1, 0.15) is 0 Å². The van der Waals surface area contributed by atoms with Crippen LogP contribution in [0.15, 0.2) is 24.3 Å². The van der Waals surface area contributed by atoms with Gasteiger partial charge < -0.3 is 16.2 Å². The molecule has 106 valence electrons. The van der Waals surface area contributed by atoms with Gasteiger partial charge in [-0.05, 0) is 30.0 Å². The summed E-state index contributed by atoms with van der Waals surface area (Å²) in [6, 6.07) is 6.39. The van der Waals surface area contributed by atoms with Crippen LogP contribution in [-0.4, -0.2) is 25.0 Å². The molecule has 1 rings (SSSR count). The monoisotopic (exact) mass is 286 g/mol. The molecule has 0 aliphatic rings. The summed E-state index contributed by atoms with van der Waals surface area (Å²) in [4.78, 5) is 22.3. The van der Waals surface area contributed by atoms with Gasteiger partial charge in [0.15, 0.2) is 0 Å². The van der Waals surface area contributed by atoms with Gasteiger partial charge in [-0.15, -0.1) is 12.4 Å². The van der Waals surface area contributed by atoms with E-state index in [2.05, 4.69) is 4.74 Å². The van der Waals surface area contributed by atoms with Gasteiger partial charge in [-0.25, -0.2) is 4.79 Å². The highest BCUT2D eigenvalue weighted by Gasteiger charge is 2.16. The normalized spacial score (nSPS) is 13.0. The minimum Gasteiger partial charge on any atom is -0.465 e. The number of rotatable bonds is 5. The summed E-state index contributed by atoms with van der Waals surface area (Å²) in [6.45, 7) is 1.93. The number of carbonyl (C=O) groups is 2. The number of hydrogen-bond acceptors (Lipinski definition) is 4. The Bertz CT molecular complexity index is 451. The van der Waals surface area contributed by atoms with Crippen LogP contribution >= 0.6 is 12.4 Å². The van der Waals surface area contributed by atoms with Crippen molar-refractivity contribution in [2.24, 2.45) is 11.5 Å². The highest BCUT2D eigenvalue weighted by molar-refractivity contribution is 5.89. The van der Waals surface area contributed by atoms with Crippen molar-refractivity contribution < 1.29 is 14.3 Å². The number of halogens is 1. The summed E-state index contributed by atoms with van der Waals surface area (Å²) in [6.07, 6.45) is 0.444. The molecule has 0 saturated carbocycles. The second-order valence-electron chi connectivity index (χ2n) is 4.26. The summed E-state index contributed by atoms with van der Waals surface area (Å²) >= 11 is 0. The second kappa shape index (κ2) is 7.76. The maximum absolute atomic E-state index is 11.4. The summed E-state index contributed by atoms with van der Waals surface area (Å²) in [5.41, 5.74) is 12.1. The van der Waals surface area contributed by atoms with Gasteiger partial charge in [0.25, 0.3) is 0 Å². The van der Waals surface area contributed by atoms with E-state index in [1.54, 1.807) is 18.2 Å². The summed E-state index contributed by atoms with van der Waals surface area (Å²) in [5.74, 6) is -0.869. The van der Waals surface area contributed by atoms with E-state index in [-0.39, 0.29) is 24.3 Å². The second-order valence-corrected chi connectivity index (χ2v) is 4.26. The Morgan fingerprint density at radius 2 is 2.00 bits per heavy atom. The molecule has 0 aliphatic heterocycles. The number of amides is 1. The van der Waals surface area contributed by atoms with Gasteiger partial charge in [-0.1, -0.05) is 19.1 Å². The van der Waals surface area contributed by atoms with Gasteiger partial charge in [-0.2, -0.15) is 0 Å². The number of methoxy groups -OCH3 is 1. The van der Waals surface area contributed by atoms with Crippen molar-refractivity contribution in [1.29, 1.82) is 0 Å². The van der Waals surface area contributed by atoms with E-state index in [0.29, 0.717) is 12.0 Å². The third-order valence-electron chi connectivity index (χ3n) is 2.85. The van der Waals surface area contributed by atoms with Crippen molar-refractivity contribution in [3.8, 4) is 0 Å². The first-order chi connectivity index (χ1) is 8.45. The molecule has 4 N–H and O–H groups in total. The molecule has 1 aromatic rings. The fourth-order valence-corrected chi connectivity index (χ4v) is 1.72. The van der Waals surface area contributed by atoms with Crippen LogP contribution in [0.1, 0.15) is 35.2 Å². The molecule has 5 nitrogen and oxygen atoms in total. The maximum atomic E-state index is 11.4. The van der Waals surface area contributed by atoms with E-state index in [1.807, 2.05) is 13.0 Å². The molecule has 19 heavy (non-hydrogen) atoms. The molecule has 2 atom stereocenters. The molecule has 0 saturated heterocycles. The van der Waals surface area contributed by atoms with Crippen LogP contribution in [0.25, 0.3) is 0 Å². The molecule has 0 fully saturated rings. The lowest BCUT2D eigenvalue weighted by atomic mass is 9.93. The van der Waals surface area contributed by atoms with Gasteiger partial charge in [0.2, 0.25) is 5.91 Å². The van der Waals surface area contributed by atoms with Crippen LogP contribution in [0, 0.1) is 0 Å². The van der Waals surface area contributed by atoms with Gasteiger partial charge >= 0.3 is 5.97 Å². The average molecular weight is 287 g/mol. The predicted octanol–water partition coefficient (Wildman–Crippen LogP) is 1.20. The number of primary amides is 1. The van der Waals surface area contributed by atoms with E-state index in [0.717, 1.165) is 5.56 Å². The fraction of sp³-hybridized carbons (Fsp3) is 0.385. The lowest BCUT2D eigenvalue weighted by Crippen LogP contribution is -2.37. The summed E-state index contributed by atoms with van der Waals surface area (Å²) in [5, 5.41) is 0. The molecular formula is C13H19ClN2O3. The number of hydrogen-bond donors (Lipinski definition) is 2. The topological polar surface area (TPSA) is 95.4 Å². The van der Waals surface area contributed by atoms with Gasteiger partial charge in [0.05, 0.1) is 18.7 Å². The van der Waals surface area contributed by atoms with E-state index >= 15 is 0 Å². The highest BCUT2D eigenvalue weighted by Crippen LogP contribution is 2.21. The maximum Gasteiger partial charge on any atom is 0.337 e. The number of esters is 1. The van der Waals surface area contributed by atoms with Crippen molar-refractivity contribution in [2.75, 3.05) is 7.11 Å². The van der Waals surface area contributed by atoms with Crippen molar-refractivity contribution in [2.45, 2.75) is 25.3 Å². The molecule has 6 heteroatoms. The number of benzene rings is 1. The molecule has 2 unspecified atom stereocenters. The Kier molecular flexibility index (Phi) is 7.11. The molecule has 0 bridgehead atoms. The fourth-order valence-electron chi connectivity index (χ4n) is 1.72. The number of nitrogens with two attached hydrogens (primary N) is 2. The molecule has 0 aliphatic carbocycles. The third kappa shape index (κ3) is 4.89. The van der Waals surface area contributed by atoms with Gasteiger partial charge in [-0.3, -0.25) is 4.79 Å². The standard InChI is InChI=1S/C13H18N2O3.ClH/c1-8(6-11(14)12(15)16)9-4-3-5-10(7-9)13(17)18-2;/h3-5,7-8,11H,6,14H2,1-2H3,(H2,15,16);1H. The lowest BCUT2D eigenvalue weighted by molar-refractivity contribution is -0.119. The first-order valence-electron chi connectivity index (χ1n) is 5.69. The zero-order valence-electron chi connectivity index (χ0n) is 11.0. The minimum absolute atomic E-state index is 0. The Hall–Kier alpha value is -1.59. The van der Waals surface area contributed by atoms with Crippen LogP contribution in [0.4, 0.5) is 0 Å². The van der Waals surface area contributed by atoms with Crippen LogP contribution < -0.4 is 11.5 Å². The van der Waals surface area contributed by atoms with Crippen LogP contribution in [0.5, 0.6) is 0 Å². The first-order valence-corrected chi connectivity index (χ1v) is 5.69. The molecule has 0 aromatic heterocycles. The van der Waals surface area contributed by atoms with Gasteiger partial charge in [0, 0.05) is 0 Å². The lowest BCUT2D eigenvalue weighted by Gasteiger charge is -2.15. The quantitative estimate of drug-likeness (QED) is 0.795. The third-order valence-corrected chi connectivity index (χ3v) is 2.85. The van der Waals surface area contributed by atoms with Crippen LogP contribution in [0.2, 0.25) is 0 Å². The van der Waals surface area contributed by atoms with E-state index in [9.17, 15) is 9.59 Å². The molecule has 1 aromatic carbocycles. The Labute approximate surface area is 118 Å². The SMILES string of the molecule is COC(=O)c1cccc(C(C)CC(N)C(N)=O)c1.Cl. The highest BCUT2D eigenvalue weighted by atomic mass is 35.5. The minimum atomic E-state index is -0.679. The van der Waals surface area contributed by atoms with Crippen molar-refractivity contribution >= 4 is 24.3 Å². The van der Waals surface area contributed by atoms with E-state index in [4.69, 9.17) is 11.5 Å². The first kappa shape index (κ1) is 17.4. The molecule has 0 radical (unpaired) electrons. The number of carbonyl (C=O) groups excluding carboxylic acids is 2. The average Bonchev–Trinajstić information content (AvgIpc) is 2.37.